The lowest BCUT2D eigenvalue weighted by Crippen LogP contribution is -2.43. The molecule has 7 nitrogen and oxygen atoms in total. The molecule has 0 saturated carbocycles. The summed E-state index contributed by atoms with van der Waals surface area (Å²) in [4.78, 5) is 14.9. The van der Waals surface area contributed by atoms with Gasteiger partial charge in [-0.05, 0) is 13.8 Å². The molecule has 0 radical (unpaired) electrons. The molecule has 1 atom stereocenters. The highest BCUT2D eigenvalue weighted by molar-refractivity contribution is 7.89. The maximum absolute atomic E-state index is 12.3. The van der Waals surface area contributed by atoms with Crippen LogP contribution in [0.3, 0.4) is 0 Å². The molecule has 1 aromatic rings. The van der Waals surface area contributed by atoms with Crippen molar-refractivity contribution < 1.29 is 18.3 Å². The van der Waals surface area contributed by atoms with Gasteiger partial charge in [0.15, 0.2) is 5.03 Å². The Morgan fingerprint density at radius 3 is 2.50 bits per heavy atom. The summed E-state index contributed by atoms with van der Waals surface area (Å²) in [7, 11) is -2.20. The number of rotatable bonds is 5. The lowest BCUT2D eigenvalue weighted by atomic mass is 10.3. The van der Waals surface area contributed by atoms with Crippen LogP contribution in [0.5, 0.6) is 0 Å². The minimum atomic E-state index is -3.88. The van der Waals surface area contributed by atoms with Crippen LogP contribution in [0.25, 0.3) is 0 Å². The Labute approximate surface area is 106 Å². The lowest BCUT2D eigenvalue weighted by Gasteiger charge is -2.22. The van der Waals surface area contributed by atoms with Crippen molar-refractivity contribution in [1.82, 2.24) is 13.9 Å². The van der Waals surface area contributed by atoms with Crippen LogP contribution in [0, 0.1) is 6.92 Å². The maximum Gasteiger partial charge on any atom is 0.321 e. The van der Waals surface area contributed by atoms with Gasteiger partial charge in [0, 0.05) is 19.8 Å². The molecule has 0 saturated heterocycles. The predicted molar refractivity (Wildman–Crippen MR) is 64.6 cm³/mol. The summed E-state index contributed by atoms with van der Waals surface area (Å²) in [5.74, 6) is -0.638. The Balaban J connectivity index is 3.23. The van der Waals surface area contributed by atoms with Crippen LogP contribution < -0.4 is 0 Å². The van der Waals surface area contributed by atoms with E-state index in [1.807, 2.05) is 0 Å². The molecular weight excluding hydrogens is 258 g/mol. The Morgan fingerprint density at radius 1 is 1.61 bits per heavy atom. The number of hydrogen-bond donors (Lipinski definition) is 1. The summed E-state index contributed by atoms with van der Waals surface area (Å²) in [5, 5.41) is 8.79. The highest BCUT2D eigenvalue weighted by Gasteiger charge is 2.33. The molecule has 0 aliphatic heterocycles. The van der Waals surface area contributed by atoms with E-state index < -0.39 is 22.0 Å². The molecule has 1 aromatic heterocycles. The molecule has 8 heteroatoms. The molecule has 0 amide bonds. The smallest absolute Gasteiger partial charge is 0.321 e. The van der Waals surface area contributed by atoms with E-state index in [-0.39, 0.29) is 11.6 Å². The number of likely N-dealkylation sites (N-methyl/N-ethyl adjacent to an activating group) is 1. The van der Waals surface area contributed by atoms with E-state index in [0.29, 0.717) is 5.82 Å². The van der Waals surface area contributed by atoms with Crippen LogP contribution in [0.1, 0.15) is 19.7 Å². The molecule has 0 fully saturated rings. The average molecular weight is 275 g/mol. The van der Waals surface area contributed by atoms with Crippen molar-refractivity contribution >= 4 is 16.0 Å². The first kappa shape index (κ1) is 14.7. The van der Waals surface area contributed by atoms with Crippen LogP contribution in [-0.2, 0) is 21.9 Å². The van der Waals surface area contributed by atoms with E-state index >= 15 is 0 Å². The van der Waals surface area contributed by atoms with Gasteiger partial charge in [-0.25, -0.2) is 13.4 Å². The third-order valence-corrected chi connectivity index (χ3v) is 4.68. The predicted octanol–water partition coefficient (Wildman–Crippen LogP) is 0.212. The zero-order valence-corrected chi connectivity index (χ0v) is 11.6. The summed E-state index contributed by atoms with van der Waals surface area (Å²) in [6, 6.07) is -1.12. The first-order chi connectivity index (χ1) is 8.21. The van der Waals surface area contributed by atoms with Crippen LogP contribution in [-0.4, -0.2) is 45.9 Å². The molecule has 1 heterocycles. The largest absolute Gasteiger partial charge is 0.480 e. The Hall–Kier alpha value is -1.41. The normalized spacial score (nSPS) is 13.8. The number of aromatic nitrogens is 2. The molecule has 0 aliphatic carbocycles. The van der Waals surface area contributed by atoms with Gasteiger partial charge >= 0.3 is 5.97 Å². The Bertz CT molecular complexity index is 530. The minimum Gasteiger partial charge on any atom is -0.480 e. The number of aryl methyl sites for hydroxylation is 2. The number of carboxylic acids is 1. The fraction of sp³-hybridized carbons (Fsp3) is 0.600. The third kappa shape index (κ3) is 2.54. The van der Waals surface area contributed by atoms with Crippen molar-refractivity contribution in [1.29, 1.82) is 0 Å². The van der Waals surface area contributed by atoms with E-state index in [2.05, 4.69) is 4.98 Å². The number of nitrogens with zero attached hydrogens (tertiary/aromatic N) is 3. The van der Waals surface area contributed by atoms with Gasteiger partial charge in [0.25, 0.3) is 10.0 Å². The van der Waals surface area contributed by atoms with Crippen molar-refractivity contribution in [2.24, 2.45) is 7.05 Å². The van der Waals surface area contributed by atoms with Crippen LogP contribution in [0.4, 0.5) is 0 Å². The van der Waals surface area contributed by atoms with E-state index in [1.165, 1.54) is 13.1 Å². The van der Waals surface area contributed by atoms with Gasteiger partial charge < -0.3 is 9.67 Å². The molecule has 0 spiro atoms. The summed E-state index contributed by atoms with van der Waals surface area (Å²) < 4.78 is 27.0. The van der Waals surface area contributed by atoms with Gasteiger partial charge in [-0.2, -0.15) is 4.31 Å². The Morgan fingerprint density at radius 2 is 2.17 bits per heavy atom. The van der Waals surface area contributed by atoms with E-state index in [4.69, 9.17) is 5.11 Å². The van der Waals surface area contributed by atoms with Crippen molar-refractivity contribution in [3.8, 4) is 0 Å². The zero-order chi connectivity index (χ0) is 14.1. The first-order valence-corrected chi connectivity index (χ1v) is 6.90. The average Bonchev–Trinajstić information content (AvgIpc) is 2.60. The van der Waals surface area contributed by atoms with Gasteiger partial charge in [-0.1, -0.05) is 6.92 Å². The fourth-order valence-electron chi connectivity index (χ4n) is 1.55. The number of aliphatic carboxylic acids is 1. The second-order valence-corrected chi connectivity index (χ2v) is 5.80. The third-order valence-electron chi connectivity index (χ3n) is 2.76. The molecule has 0 aromatic carbocycles. The SMILES string of the molecule is CCN(C(C)C(=O)O)S(=O)(=O)c1cn(C)c(C)n1. The molecule has 18 heavy (non-hydrogen) atoms. The number of sulfonamides is 1. The molecule has 1 unspecified atom stereocenters. The minimum absolute atomic E-state index is 0.0748. The van der Waals surface area contributed by atoms with Crippen molar-refractivity contribution in [3.63, 3.8) is 0 Å². The number of imidazole rings is 1. The van der Waals surface area contributed by atoms with Crippen molar-refractivity contribution in [2.45, 2.75) is 31.8 Å². The van der Waals surface area contributed by atoms with Crippen LogP contribution in [0.15, 0.2) is 11.2 Å². The highest BCUT2D eigenvalue weighted by atomic mass is 32.2. The molecule has 0 aliphatic rings. The van der Waals surface area contributed by atoms with Crippen molar-refractivity contribution in [2.75, 3.05) is 6.54 Å². The van der Waals surface area contributed by atoms with E-state index in [0.717, 1.165) is 4.31 Å². The van der Waals surface area contributed by atoms with Crippen LogP contribution in [0.2, 0.25) is 0 Å². The lowest BCUT2D eigenvalue weighted by molar-refractivity contribution is -0.140. The monoisotopic (exact) mass is 275 g/mol. The Kier molecular flexibility index (Phi) is 4.12. The maximum atomic E-state index is 12.3. The van der Waals surface area contributed by atoms with Crippen LogP contribution >= 0.6 is 0 Å². The second kappa shape index (κ2) is 5.07. The summed E-state index contributed by atoms with van der Waals surface area (Å²) in [5.41, 5.74) is 0. The first-order valence-electron chi connectivity index (χ1n) is 5.46. The summed E-state index contributed by atoms with van der Waals surface area (Å²) in [6.45, 7) is 4.67. The molecule has 102 valence electrons. The number of carbonyl (C=O) groups is 1. The molecule has 0 bridgehead atoms. The second-order valence-electron chi connectivity index (χ2n) is 3.96. The quantitative estimate of drug-likeness (QED) is 0.829. The van der Waals surface area contributed by atoms with Gasteiger partial charge in [0.05, 0.1) is 0 Å². The van der Waals surface area contributed by atoms with E-state index in [9.17, 15) is 13.2 Å². The van der Waals surface area contributed by atoms with Gasteiger partial charge in [-0.3, -0.25) is 4.79 Å². The topological polar surface area (TPSA) is 92.5 Å². The molecular formula is C10H17N3O4S. The standard InChI is InChI=1S/C10H17N3O4S/c1-5-13(7(2)10(14)15)18(16,17)9-6-12(4)8(3)11-9/h6-7H,5H2,1-4H3,(H,14,15). The van der Waals surface area contributed by atoms with E-state index in [1.54, 1.807) is 25.5 Å². The zero-order valence-electron chi connectivity index (χ0n) is 10.8. The molecule has 1 rings (SSSR count). The highest BCUT2D eigenvalue weighted by Crippen LogP contribution is 2.17. The fourth-order valence-corrected chi connectivity index (χ4v) is 3.17. The summed E-state index contributed by atoms with van der Waals surface area (Å²) in [6.07, 6.45) is 1.38. The molecule has 1 N–H and O–H groups in total. The van der Waals surface area contributed by atoms with Gasteiger partial charge in [-0.15, -0.1) is 0 Å². The van der Waals surface area contributed by atoms with Gasteiger partial charge in [0.1, 0.15) is 11.9 Å². The number of hydrogen-bond acceptors (Lipinski definition) is 4. The summed E-state index contributed by atoms with van der Waals surface area (Å²) >= 11 is 0. The van der Waals surface area contributed by atoms with Gasteiger partial charge in [0.2, 0.25) is 0 Å². The number of carboxylic acid groups (broad SMARTS) is 1. The van der Waals surface area contributed by atoms with Crippen molar-refractivity contribution in [3.05, 3.63) is 12.0 Å².